The van der Waals surface area contributed by atoms with Gasteiger partial charge in [0.1, 0.15) is 0 Å². The third-order valence-electron chi connectivity index (χ3n) is 3.26. The number of H-pyrrole nitrogens is 1. The van der Waals surface area contributed by atoms with E-state index in [0.29, 0.717) is 5.92 Å². The van der Waals surface area contributed by atoms with Gasteiger partial charge in [0.2, 0.25) is 0 Å². The first-order valence-corrected chi connectivity index (χ1v) is 5.68. The highest BCUT2D eigenvalue weighted by atomic mass is 14.7. The highest BCUT2D eigenvalue weighted by molar-refractivity contribution is 5.80. The Labute approximate surface area is 95.5 Å². The Morgan fingerprint density at radius 2 is 1.94 bits per heavy atom. The van der Waals surface area contributed by atoms with Gasteiger partial charge in [0.25, 0.3) is 0 Å². The third kappa shape index (κ3) is 1.40. The van der Waals surface area contributed by atoms with Crippen LogP contribution in [0.25, 0.3) is 10.9 Å². The molecule has 1 heterocycles. The van der Waals surface area contributed by atoms with Crippen molar-refractivity contribution in [1.82, 2.24) is 4.98 Å². The monoisotopic (exact) mass is 209 g/mol. The molecule has 0 radical (unpaired) electrons. The van der Waals surface area contributed by atoms with Crippen LogP contribution in [-0.2, 0) is 0 Å². The van der Waals surface area contributed by atoms with E-state index in [4.69, 9.17) is 0 Å². The Hall–Kier alpha value is -1.76. The smallest absolute Gasteiger partial charge is 0.0456 e. The van der Waals surface area contributed by atoms with Gasteiger partial charge in [-0.15, -0.1) is 0 Å². The molecule has 1 aliphatic rings. The Morgan fingerprint density at radius 3 is 2.62 bits per heavy atom. The summed E-state index contributed by atoms with van der Waals surface area (Å²) in [5, 5.41) is 1.29. The summed E-state index contributed by atoms with van der Waals surface area (Å²) in [6.45, 7) is 4.36. The molecule has 0 spiro atoms. The van der Waals surface area contributed by atoms with Crippen LogP contribution in [0.4, 0.5) is 0 Å². The van der Waals surface area contributed by atoms with Gasteiger partial charge in [-0.1, -0.05) is 41.5 Å². The van der Waals surface area contributed by atoms with E-state index in [1.54, 1.807) is 0 Å². The molecule has 0 bridgehead atoms. The first kappa shape index (κ1) is 9.46. The molecular weight excluding hydrogens is 194 g/mol. The summed E-state index contributed by atoms with van der Waals surface area (Å²) in [5.74, 6) is 0.437. The van der Waals surface area contributed by atoms with E-state index < -0.39 is 0 Å². The van der Waals surface area contributed by atoms with E-state index in [2.05, 4.69) is 61.3 Å². The molecule has 0 amide bonds. The molecule has 1 atom stereocenters. The lowest BCUT2D eigenvalue weighted by Gasteiger charge is -2.06. The fourth-order valence-corrected chi connectivity index (χ4v) is 2.49. The van der Waals surface area contributed by atoms with Crippen molar-refractivity contribution in [2.45, 2.75) is 19.8 Å². The van der Waals surface area contributed by atoms with Crippen molar-refractivity contribution in [3.05, 3.63) is 59.3 Å². The molecule has 2 aromatic rings. The fourth-order valence-electron chi connectivity index (χ4n) is 2.49. The lowest BCUT2D eigenvalue weighted by molar-refractivity contribution is 0.968. The molecule has 1 aliphatic carbocycles. The second-order valence-electron chi connectivity index (χ2n) is 4.59. The van der Waals surface area contributed by atoms with Gasteiger partial charge in [0.05, 0.1) is 0 Å². The van der Waals surface area contributed by atoms with Crippen LogP contribution < -0.4 is 0 Å². The van der Waals surface area contributed by atoms with Gasteiger partial charge in [-0.05, 0) is 31.4 Å². The van der Waals surface area contributed by atoms with E-state index in [1.165, 1.54) is 27.7 Å². The molecule has 0 saturated heterocycles. The largest absolute Gasteiger partial charge is 0.358 e. The number of allylic oxidation sites excluding steroid dienone is 4. The van der Waals surface area contributed by atoms with E-state index in [-0.39, 0.29) is 0 Å². The molecule has 1 aromatic carbocycles. The van der Waals surface area contributed by atoms with E-state index in [9.17, 15) is 0 Å². The standard InChI is InChI=1S/C15H15N/c1-10-7-11(2)13(8-10)15-9-12-5-3-4-6-14(12)16-15/h3-9,13,16H,1-2H3. The van der Waals surface area contributed by atoms with Crippen LogP contribution >= 0.6 is 0 Å². The quantitative estimate of drug-likeness (QED) is 0.726. The number of aromatic nitrogens is 1. The molecule has 0 aliphatic heterocycles. The number of fused-ring (bicyclic) bond motifs is 1. The van der Waals surface area contributed by atoms with Gasteiger partial charge in [-0.25, -0.2) is 0 Å². The van der Waals surface area contributed by atoms with Crippen LogP contribution in [0.2, 0.25) is 0 Å². The maximum absolute atomic E-state index is 3.50. The highest BCUT2D eigenvalue weighted by Gasteiger charge is 2.17. The number of rotatable bonds is 1. The van der Waals surface area contributed by atoms with Gasteiger partial charge in [-0.2, -0.15) is 0 Å². The van der Waals surface area contributed by atoms with Crippen molar-refractivity contribution in [3.8, 4) is 0 Å². The van der Waals surface area contributed by atoms with E-state index >= 15 is 0 Å². The molecular formula is C15H15N. The predicted molar refractivity (Wildman–Crippen MR) is 68.6 cm³/mol. The van der Waals surface area contributed by atoms with Gasteiger partial charge in [-0.3, -0.25) is 0 Å². The minimum atomic E-state index is 0.437. The molecule has 1 N–H and O–H groups in total. The summed E-state index contributed by atoms with van der Waals surface area (Å²) in [6.07, 6.45) is 4.58. The van der Waals surface area contributed by atoms with Crippen LogP contribution in [0.5, 0.6) is 0 Å². The SMILES string of the molecule is CC1=CC(c2cc3ccccc3[nH]2)C(C)=C1. The van der Waals surface area contributed by atoms with Crippen LogP contribution in [0.1, 0.15) is 25.5 Å². The van der Waals surface area contributed by atoms with Crippen molar-refractivity contribution in [2.24, 2.45) is 0 Å². The zero-order valence-electron chi connectivity index (χ0n) is 9.62. The van der Waals surface area contributed by atoms with E-state index in [0.717, 1.165) is 0 Å². The number of hydrogen-bond donors (Lipinski definition) is 1. The average Bonchev–Trinajstić information content (AvgIpc) is 2.81. The molecule has 1 nitrogen and oxygen atoms in total. The molecule has 1 aromatic heterocycles. The predicted octanol–water partition coefficient (Wildman–Crippen LogP) is 4.16. The molecule has 3 rings (SSSR count). The number of benzene rings is 1. The first-order chi connectivity index (χ1) is 7.74. The Balaban J connectivity index is 2.11. The normalized spacial score (nSPS) is 20.0. The van der Waals surface area contributed by atoms with Crippen molar-refractivity contribution < 1.29 is 0 Å². The minimum absolute atomic E-state index is 0.437. The minimum Gasteiger partial charge on any atom is -0.358 e. The molecule has 0 saturated carbocycles. The van der Waals surface area contributed by atoms with Crippen LogP contribution in [0.3, 0.4) is 0 Å². The second-order valence-corrected chi connectivity index (χ2v) is 4.59. The lowest BCUT2D eigenvalue weighted by Crippen LogP contribution is -1.93. The third-order valence-corrected chi connectivity index (χ3v) is 3.26. The fraction of sp³-hybridized carbons (Fsp3) is 0.200. The number of aromatic amines is 1. The summed E-state index contributed by atoms with van der Waals surface area (Å²) in [7, 11) is 0. The Bertz CT molecular complexity index is 566. The van der Waals surface area contributed by atoms with Gasteiger partial charge >= 0.3 is 0 Å². The van der Waals surface area contributed by atoms with E-state index in [1.807, 2.05) is 0 Å². The molecule has 1 unspecified atom stereocenters. The maximum Gasteiger partial charge on any atom is 0.0456 e. The summed E-state index contributed by atoms with van der Waals surface area (Å²) in [6, 6.07) is 10.7. The topological polar surface area (TPSA) is 15.8 Å². The zero-order chi connectivity index (χ0) is 11.1. The Morgan fingerprint density at radius 1 is 1.12 bits per heavy atom. The summed E-state index contributed by atoms with van der Waals surface area (Å²) < 4.78 is 0. The van der Waals surface area contributed by atoms with Crippen LogP contribution in [0, 0.1) is 0 Å². The van der Waals surface area contributed by atoms with Crippen LogP contribution in [0.15, 0.2) is 53.6 Å². The van der Waals surface area contributed by atoms with Crippen molar-refractivity contribution >= 4 is 10.9 Å². The molecule has 16 heavy (non-hydrogen) atoms. The van der Waals surface area contributed by atoms with Crippen molar-refractivity contribution in [2.75, 3.05) is 0 Å². The van der Waals surface area contributed by atoms with Gasteiger partial charge in [0, 0.05) is 17.1 Å². The number of para-hydroxylation sites is 1. The summed E-state index contributed by atoms with van der Waals surface area (Å²) >= 11 is 0. The zero-order valence-corrected chi connectivity index (χ0v) is 9.62. The van der Waals surface area contributed by atoms with Crippen LogP contribution in [-0.4, -0.2) is 4.98 Å². The van der Waals surface area contributed by atoms with Crippen molar-refractivity contribution in [3.63, 3.8) is 0 Å². The molecule has 0 fully saturated rings. The highest BCUT2D eigenvalue weighted by Crippen LogP contribution is 2.33. The Kier molecular flexibility index (Phi) is 2.00. The summed E-state index contributed by atoms with van der Waals surface area (Å²) in [4.78, 5) is 3.50. The lowest BCUT2D eigenvalue weighted by atomic mass is 10.0. The average molecular weight is 209 g/mol. The van der Waals surface area contributed by atoms with Gasteiger partial charge in [0.15, 0.2) is 0 Å². The summed E-state index contributed by atoms with van der Waals surface area (Å²) in [5.41, 5.74) is 5.31. The molecule has 80 valence electrons. The maximum atomic E-state index is 3.50. The molecule has 1 heteroatoms. The number of hydrogen-bond acceptors (Lipinski definition) is 0. The number of nitrogens with one attached hydrogen (secondary N) is 1. The van der Waals surface area contributed by atoms with Crippen molar-refractivity contribution in [1.29, 1.82) is 0 Å². The van der Waals surface area contributed by atoms with Gasteiger partial charge < -0.3 is 4.98 Å². The first-order valence-electron chi connectivity index (χ1n) is 5.68. The second kappa shape index (κ2) is 3.38.